The highest BCUT2D eigenvalue weighted by Crippen LogP contribution is 2.10. The number of rotatable bonds is 15. The smallest absolute Gasteiger partial charge is 0.407 e. The number of amides is 1. The first-order valence-electron chi connectivity index (χ1n) is 9.56. The van der Waals surface area contributed by atoms with Crippen LogP contribution in [0.4, 0.5) is 4.79 Å². The predicted octanol–water partition coefficient (Wildman–Crippen LogP) is 4.91. The molecule has 0 spiro atoms. The average molecular weight is 345 g/mol. The summed E-state index contributed by atoms with van der Waals surface area (Å²) in [5.41, 5.74) is 5.48. The first kappa shape index (κ1) is 22.4. The van der Waals surface area contributed by atoms with Crippen LogP contribution in [-0.2, 0) is 4.74 Å². The summed E-state index contributed by atoms with van der Waals surface area (Å²) in [6.07, 6.45) is 12.4. The Labute approximate surface area is 144 Å². The fraction of sp³-hybridized carbons (Fsp3) is 0.944. The van der Waals surface area contributed by atoms with E-state index in [1.165, 1.54) is 57.8 Å². The Morgan fingerprint density at radius 3 is 1.83 bits per heavy atom. The van der Waals surface area contributed by atoms with Crippen molar-refractivity contribution in [1.29, 1.82) is 0 Å². The molecule has 0 aromatic heterocycles. The number of nitrogens with two attached hydrogens (primary N) is 1. The second kappa shape index (κ2) is 15.0. The maximum Gasteiger partial charge on any atom is 0.407 e. The van der Waals surface area contributed by atoms with Crippen LogP contribution in [-0.4, -0.2) is 33.9 Å². The molecular weight excluding hydrogens is 304 g/mol. The molecule has 0 aromatic carbocycles. The third-order valence-electron chi connectivity index (χ3n) is 3.99. The van der Waals surface area contributed by atoms with Crippen molar-refractivity contribution in [1.82, 2.24) is 5.32 Å². The standard InChI is InChI=1S/C18H40N2O2Si/c1-23(2,3)17-16-22-18(21)20-15-13-11-9-7-5-4-6-8-10-12-14-19/h4-17,19H2,1-3H3,(H,20,21). The minimum Gasteiger partial charge on any atom is -0.450 e. The second-order valence-electron chi connectivity index (χ2n) is 7.70. The first-order chi connectivity index (χ1) is 11.0. The van der Waals surface area contributed by atoms with Crippen LogP contribution in [0.2, 0.25) is 25.7 Å². The number of nitrogens with one attached hydrogen (secondary N) is 1. The average Bonchev–Trinajstić information content (AvgIpc) is 2.47. The summed E-state index contributed by atoms with van der Waals surface area (Å²) in [5, 5.41) is 2.84. The zero-order valence-corrected chi connectivity index (χ0v) is 16.8. The van der Waals surface area contributed by atoms with Crippen LogP contribution in [0.25, 0.3) is 0 Å². The molecule has 0 fully saturated rings. The van der Waals surface area contributed by atoms with E-state index in [-0.39, 0.29) is 6.09 Å². The number of unbranched alkanes of at least 4 members (excludes halogenated alkanes) is 9. The van der Waals surface area contributed by atoms with Gasteiger partial charge in [-0.05, 0) is 25.4 Å². The van der Waals surface area contributed by atoms with Crippen LogP contribution in [0.3, 0.4) is 0 Å². The highest BCUT2D eigenvalue weighted by Gasteiger charge is 2.13. The Morgan fingerprint density at radius 1 is 0.870 bits per heavy atom. The van der Waals surface area contributed by atoms with E-state index >= 15 is 0 Å². The molecule has 0 unspecified atom stereocenters. The van der Waals surface area contributed by atoms with Gasteiger partial charge in [0, 0.05) is 14.6 Å². The maximum atomic E-state index is 11.5. The molecule has 0 aliphatic rings. The van der Waals surface area contributed by atoms with Crippen molar-refractivity contribution in [2.24, 2.45) is 5.73 Å². The molecule has 0 aliphatic carbocycles. The van der Waals surface area contributed by atoms with Crippen molar-refractivity contribution in [3.63, 3.8) is 0 Å². The topological polar surface area (TPSA) is 64.3 Å². The molecule has 0 bridgehead atoms. The number of carbonyl (C=O) groups is 1. The molecule has 0 radical (unpaired) electrons. The van der Waals surface area contributed by atoms with Gasteiger partial charge in [-0.1, -0.05) is 71.0 Å². The number of carbonyl (C=O) groups excluding carboxylic acids is 1. The monoisotopic (exact) mass is 344 g/mol. The van der Waals surface area contributed by atoms with Crippen molar-refractivity contribution in [3.8, 4) is 0 Å². The van der Waals surface area contributed by atoms with Gasteiger partial charge in [0.25, 0.3) is 0 Å². The Bertz CT molecular complexity index is 281. The first-order valence-corrected chi connectivity index (χ1v) is 13.3. The highest BCUT2D eigenvalue weighted by molar-refractivity contribution is 6.76. The SMILES string of the molecule is C[Si](C)(C)CCOC(=O)NCCCCCCCCCCCCN. The van der Waals surface area contributed by atoms with Crippen LogP contribution < -0.4 is 11.1 Å². The number of hydrogen-bond donors (Lipinski definition) is 2. The van der Waals surface area contributed by atoms with Crippen molar-refractivity contribution in [3.05, 3.63) is 0 Å². The molecule has 0 aromatic rings. The molecule has 0 heterocycles. The van der Waals surface area contributed by atoms with Crippen molar-refractivity contribution >= 4 is 14.2 Å². The summed E-state index contributed by atoms with van der Waals surface area (Å²) in [4.78, 5) is 11.5. The zero-order chi connectivity index (χ0) is 17.4. The van der Waals surface area contributed by atoms with Gasteiger partial charge in [0.05, 0.1) is 6.61 Å². The Morgan fingerprint density at radius 2 is 1.35 bits per heavy atom. The fourth-order valence-electron chi connectivity index (χ4n) is 2.37. The lowest BCUT2D eigenvalue weighted by molar-refractivity contribution is 0.151. The van der Waals surface area contributed by atoms with Crippen molar-refractivity contribution in [2.45, 2.75) is 89.9 Å². The van der Waals surface area contributed by atoms with Gasteiger partial charge in [0.15, 0.2) is 0 Å². The molecular formula is C18H40N2O2Si. The van der Waals surface area contributed by atoms with E-state index < -0.39 is 8.07 Å². The molecule has 0 atom stereocenters. The molecule has 23 heavy (non-hydrogen) atoms. The van der Waals surface area contributed by atoms with E-state index in [0.717, 1.165) is 25.6 Å². The van der Waals surface area contributed by atoms with Gasteiger partial charge >= 0.3 is 6.09 Å². The molecule has 1 amide bonds. The zero-order valence-electron chi connectivity index (χ0n) is 15.8. The third kappa shape index (κ3) is 19.4. The Balaban J connectivity index is 3.19. The fourth-order valence-corrected chi connectivity index (χ4v) is 3.09. The van der Waals surface area contributed by atoms with Crippen molar-refractivity contribution < 1.29 is 9.53 Å². The summed E-state index contributed by atoms with van der Waals surface area (Å²) in [6, 6.07) is 1.03. The molecule has 4 nitrogen and oxygen atoms in total. The summed E-state index contributed by atoms with van der Waals surface area (Å²) in [6.45, 7) is 8.99. The van der Waals surface area contributed by atoms with Crippen LogP contribution in [0.1, 0.15) is 64.2 Å². The molecule has 0 saturated carbocycles. The van der Waals surface area contributed by atoms with E-state index in [4.69, 9.17) is 10.5 Å². The Hall–Kier alpha value is -0.553. The maximum absolute atomic E-state index is 11.5. The van der Waals surface area contributed by atoms with Gasteiger partial charge in [-0.3, -0.25) is 0 Å². The largest absolute Gasteiger partial charge is 0.450 e. The summed E-state index contributed by atoms with van der Waals surface area (Å²) in [5.74, 6) is 0. The number of ether oxygens (including phenoxy) is 1. The van der Waals surface area contributed by atoms with E-state index in [2.05, 4.69) is 25.0 Å². The molecule has 3 N–H and O–H groups in total. The normalized spacial score (nSPS) is 11.5. The van der Waals surface area contributed by atoms with E-state index in [1.807, 2.05) is 0 Å². The van der Waals surface area contributed by atoms with Gasteiger partial charge in [0.1, 0.15) is 0 Å². The van der Waals surface area contributed by atoms with Gasteiger partial charge in [-0.2, -0.15) is 0 Å². The lowest BCUT2D eigenvalue weighted by atomic mass is 10.1. The van der Waals surface area contributed by atoms with E-state index in [9.17, 15) is 4.79 Å². The minimum atomic E-state index is -1.10. The number of alkyl carbamates (subject to hydrolysis) is 1. The van der Waals surface area contributed by atoms with E-state index in [0.29, 0.717) is 6.61 Å². The second-order valence-corrected chi connectivity index (χ2v) is 13.3. The summed E-state index contributed by atoms with van der Waals surface area (Å²) >= 11 is 0. The van der Waals surface area contributed by atoms with E-state index in [1.54, 1.807) is 0 Å². The van der Waals surface area contributed by atoms with Gasteiger partial charge < -0.3 is 15.8 Å². The molecule has 0 aliphatic heterocycles. The minimum absolute atomic E-state index is 0.249. The van der Waals surface area contributed by atoms with Crippen LogP contribution >= 0.6 is 0 Å². The lowest BCUT2D eigenvalue weighted by Crippen LogP contribution is -2.28. The van der Waals surface area contributed by atoms with Crippen LogP contribution in [0.5, 0.6) is 0 Å². The molecule has 0 rings (SSSR count). The van der Waals surface area contributed by atoms with Gasteiger partial charge in [-0.15, -0.1) is 0 Å². The van der Waals surface area contributed by atoms with Gasteiger partial charge in [0.2, 0.25) is 0 Å². The summed E-state index contributed by atoms with van der Waals surface area (Å²) in [7, 11) is -1.10. The summed E-state index contributed by atoms with van der Waals surface area (Å²) < 4.78 is 5.19. The third-order valence-corrected chi connectivity index (χ3v) is 5.69. The molecule has 138 valence electrons. The van der Waals surface area contributed by atoms with Crippen LogP contribution in [0, 0.1) is 0 Å². The van der Waals surface area contributed by atoms with Crippen molar-refractivity contribution in [2.75, 3.05) is 19.7 Å². The molecule has 5 heteroatoms. The number of hydrogen-bond acceptors (Lipinski definition) is 3. The molecule has 0 saturated heterocycles. The van der Waals surface area contributed by atoms with Gasteiger partial charge in [-0.25, -0.2) is 4.79 Å². The quantitative estimate of drug-likeness (QED) is 0.328. The van der Waals surface area contributed by atoms with Crippen LogP contribution in [0.15, 0.2) is 0 Å². The highest BCUT2D eigenvalue weighted by atomic mass is 28.3. The Kier molecular flexibility index (Phi) is 14.6. The lowest BCUT2D eigenvalue weighted by Gasteiger charge is -2.15. The predicted molar refractivity (Wildman–Crippen MR) is 103 cm³/mol.